The first kappa shape index (κ1) is 45.6. The number of nitrogens with one attached hydrogen (secondary N) is 3. The molecule has 17 heteroatoms. The average molecular weight is 787 g/mol. The van der Waals surface area contributed by atoms with E-state index in [2.05, 4.69) is 25.8 Å². The lowest BCUT2D eigenvalue weighted by atomic mass is 10.00. The molecule has 0 unspecified atom stereocenters. The summed E-state index contributed by atoms with van der Waals surface area (Å²) < 4.78 is 11.1. The van der Waals surface area contributed by atoms with Gasteiger partial charge in [-0.1, -0.05) is 24.4 Å². The number of carbonyl (C=O) groups is 3. The molecule has 2 saturated heterocycles. The molecule has 0 spiro atoms. The minimum atomic E-state index is -1.72. The Labute approximate surface area is 323 Å². The number of ether oxygens (including phenoxy) is 2. The molecular formula is C37H63ClN6O10. The molecule has 0 aromatic heterocycles. The molecule has 0 saturated carbocycles. The van der Waals surface area contributed by atoms with Crippen molar-refractivity contribution in [2.75, 3.05) is 72.4 Å². The number of halogens is 1. The van der Waals surface area contributed by atoms with Crippen molar-refractivity contribution < 1.29 is 49.4 Å². The highest BCUT2D eigenvalue weighted by Crippen LogP contribution is 2.29. The lowest BCUT2D eigenvalue weighted by Crippen LogP contribution is -2.54. The van der Waals surface area contributed by atoms with Crippen molar-refractivity contribution >= 4 is 35.0 Å². The molecule has 16 nitrogen and oxygen atoms in total. The largest absolute Gasteiger partial charge is 0.496 e. The summed E-state index contributed by atoms with van der Waals surface area (Å²) in [5, 5.41) is 56.7. The monoisotopic (exact) mass is 786 g/mol. The number of rotatable bonds is 23. The number of hydrogen-bond acceptors (Lipinski definition) is 13. The van der Waals surface area contributed by atoms with Crippen molar-refractivity contribution in [3.05, 3.63) is 22.7 Å². The fourth-order valence-corrected chi connectivity index (χ4v) is 7.10. The van der Waals surface area contributed by atoms with Crippen LogP contribution in [0.5, 0.6) is 5.75 Å². The maximum absolute atomic E-state index is 13.1. The van der Waals surface area contributed by atoms with Crippen molar-refractivity contribution in [1.29, 1.82) is 0 Å². The van der Waals surface area contributed by atoms with Crippen LogP contribution in [0.25, 0.3) is 0 Å². The molecule has 10 N–H and O–H groups in total. The van der Waals surface area contributed by atoms with Gasteiger partial charge in [0.15, 0.2) is 0 Å². The predicted octanol–water partition coefficient (Wildman–Crippen LogP) is 0.00340. The van der Waals surface area contributed by atoms with E-state index in [0.717, 1.165) is 84.1 Å². The number of nitrogens with zero attached hydrogens (tertiary/aromatic N) is 2. The topological polar surface area (TPSA) is 239 Å². The normalized spacial score (nSPS) is 20.8. The fraction of sp³-hybridized carbons (Fsp3) is 0.757. The van der Waals surface area contributed by atoms with Crippen LogP contribution in [0.4, 0.5) is 5.69 Å². The van der Waals surface area contributed by atoms with E-state index in [0.29, 0.717) is 41.4 Å². The molecule has 0 aliphatic carbocycles. The van der Waals surface area contributed by atoms with Crippen LogP contribution < -0.4 is 26.4 Å². The van der Waals surface area contributed by atoms with Crippen LogP contribution in [0.3, 0.4) is 0 Å². The lowest BCUT2D eigenvalue weighted by molar-refractivity contribution is -0.126. The van der Waals surface area contributed by atoms with Crippen LogP contribution in [-0.2, 0) is 14.3 Å². The summed E-state index contributed by atoms with van der Waals surface area (Å²) in [5.41, 5.74) is 6.53. The molecule has 2 fully saturated rings. The first-order valence-electron chi connectivity index (χ1n) is 19.2. The number of anilines is 1. The number of carbonyl (C=O) groups excluding carboxylic acids is 3. The van der Waals surface area contributed by atoms with Gasteiger partial charge < -0.3 is 66.5 Å². The van der Waals surface area contributed by atoms with Gasteiger partial charge in [0.1, 0.15) is 24.1 Å². The van der Waals surface area contributed by atoms with E-state index < -0.39 is 31.0 Å². The SMILES string of the molecule is COc1cc(N)c(Cl)cc1C(=O)N[C@@H]1CCN(CCCCCC(=O)NC2CCN(CCCCCC(=O)NC[C@H](O)[C@@H](O)[C@H](O)[C@H](O)CO)CC2)C[C@@H]1OC. The minimum Gasteiger partial charge on any atom is -0.496 e. The van der Waals surface area contributed by atoms with Gasteiger partial charge in [0.05, 0.1) is 48.2 Å². The fourth-order valence-electron chi connectivity index (χ4n) is 6.94. The smallest absolute Gasteiger partial charge is 0.255 e. The number of nitrogens with two attached hydrogens (primary N) is 1. The van der Waals surface area contributed by atoms with Crippen molar-refractivity contribution in [3.63, 3.8) is 0 Å². The first-order valence-corrected chi connectivity index (χ1v) is 19.5. The van der Waals surface area contributed by atoms with E-state index in [9.17, 15) is 34.8 Å². The maximum Gasteiger partial charge on any atom is 0.255 e. The number of benzene rings is 1. The Morgan fingerprint density at radius 2 is 1.46 bits per heavy atom. The molecule has 2 aliphatic rings. The van der Waals surface area contributed by atoms with Crippen LogP contribution in [0.1, 0.15) is 81.0 Å². The quantitative estimate of drug-likeness (QED) is 0.0526. The van der Waals surface area contributed by atoms with E-state index in [-0.39, 0.29) is 48.9 Å². The van der Waals surface area contributed by atoms with Gasteiger partial charge >= 0.3 is 0 Å². The molecule has 3 rings (SSSR count). The number of likely N-dealkylation sites (tertiary alicyclic amines) is 2. The van der Waals surface area contributed by atoms with Gasteiger partial charge in [-0.2, -0.15) is 0 Å². The number of nitrogen functional groups attached to an aromatic ring is 1. The second kappa shape index (κ2) is 24.0. The molecule has 3 amide bonds. The Morgan fingerprint density at radius 3 is 2.09 bits per heavy atom. The Kier molecular flexibility index (Phi) is 20.2. The zero-order valence-corrected chi connectivity index (χ0v) is 32.5. The van der Waals surface area contributed by atoms with Crippen LogP contribution in [0.2, 0.25) is 5.02 Å². The van der Waals surface area contributed by atoms with Crippen molar-refractivity contribution in [1.82, 2.24) is 25.8 Å². The van der Waals surface area contributed by atoms with Crippen LogP contribution in [-0.4, -0.2) is 162 Å². The molecule has 308 valence electrons. The second-order valence-corrected chi connectivity index (χ2v) is 14.8. The third-order valence-electron chi connectivity index (χ3n) is 10.4. The standard InChI is InChI=1S/C37H63ClN6O10/c1-53-31-20-27(39)26(38)19-25(31)37(52)42-28-13-18-44(22-32(28)54-2)15-8-4-6-10-34(49)41-24-11-16-43(17-12-24)14-7-3-5-9-33(48)40-21-29(46)35(50)36(51)30(47)23-45/h19-20,24,28-30,32,35-36,45-47,50-51H,3-18,21-23,39H2,1-2H3,(H,40,48)(H,41,49)(H,42,52)/t28-,29+,30-,32+,35-,36-/m1/s1. The summed E-state index contributed by atoms with van der Waals surface area (Å²) in [7, 11) is 3.14. The van der Waals surface area contributed by atoms with E-state index in [1.807, 2.05) is 0 Å². The molecule has 54 heavy (non-hydrogen) atoms. The van der Waals surface area contributed by atoms with E-state index >= 15 is 0 Å². The number of amides is 3. The molecule has 0 radical (unpaired) electrons. The Balaban J connectivity index is 1.20. The summed E-state index contributed by atoms with van der Waals surface area (Å²) in [5.74, 6) is -0.104. The molecule has 2 aliphatic heterocycles. The third kappa shape index (κ3) is 15.0. The summed E-state index contributed by atoms with van der Waals surface area (Å²) in [4.78, 5) is 42.5. The minimum absolute atomic E-state index is 0.0997. The van der Waals surface area contributed by atoms with Crippen LogP contribution in [0.15, 0.2) is 12.1 Å². The van der Waals surface area contributed by atoms with Crippen molar-refractivity contribution in [2.24, 2.45) is 0 Å². The number of aliphatic hydroxyl groups is 5. The summed E-state index contributed by atoms with van der Waals surface area (Å²) >= 11 is 6.15. The predicted molar refractivity (Wildman–Crippen MR) is 204 cm³/mol. The third-order valence-corrected chi connectivity index (χ3v) is 10.7. The highest BCUT2D eigenvalue weighted by molar-refractivity contribution is 6.33. The van der Waals surface area contributed by atoms with Crippen molar-refractivity contribution in [3.8, 4) is 5.75 Å². The lowest BCUT2D eigenvalue weighted by Gasteiger charge is -2.38. The zero-order chi connectivity index (χ0) is 39.6. The number of piperidine rings is 2. The van der Waals surface area contributed by atoms with Gasteiger partial charge in [0, 0.05) is 64.8 Å². The summed E-state index contributed by atoms with van der Waals surface area (Å²) in [6.45, 7) is 4.13. The number of hydrogen-bond donors (Lipinski definition) is 9. The van der Waals surface area contributed by atoms with E-state index in [1.165, 1.54) is 13.2 Å². The first-order chi connectivity index (χ1) is 25.9. The number of methoxy groups -OCH3 is 2. The van der Waals surface area contributed by atoms with Crippen LogP contribution in [0, 0.1) is 0 Å². The molecule has 2 heterocycles. The Bertz CT molecular complexity index is 1310. The molecule has 0 bridgehead atoms. The Morgan fingerprint density at radius 1 is 0.852 bits per heavy atom. The zero-order valence-electron chi connectivity index (χ0n) is 31.8. The van der Waals surface area contributed by atoms with E-state index in [4.69, 9.17) is 31.9 Å². The average Bonchev–Trinajstić information content (AvgIpc) is 3.17. The highest BCUT2D eigenvalue weighted by Gasteiger charge is 2.32. The van der Waals surface area contributed by atoms with Gasteiger partial charge in [-0.05, 0) is 64.1 Å². The molecule has 6 atom stereocenters. The number of aliphatic hydroxyl groups excluding tert-OH is 5. The van der Waals surface area contributed by atoms with Crippen LogP contribution >= 0.6 is 11.6 Å². The van der Waals surface area contributed by atoms with Gasteiger partial charge in [-0.3, -0.25) is 14.4 Å². The van der Waals surface area contributed by atoms with Crippen molar-refractivity contribution in [2.45, 2.75) is 113 Å². The second-order valence-electron chi connectivity index (χ2n) is 14.4. The molecular weight excluding hydrogens is 724 g/mol. The molecule has 1 aromatic carbocycles. The highest BCUT2D eigenvalue weighted by atomic mass is 35.5. The van der Waals surface area contributed by atoms with Gasteiger partial charge in [0.2, 0.25) is 11.8 Å². The summed E-state index contributed by atoms with van der Waals surface area (Å²) in [6.07, 6.45) is 1.90. The maximum atomic E-state index is 13.1. The Hall–Kier alpha value is -2.80. The summed E-state index contributed by atoms with van der Waals surface area (Å²) in [6, 6.07) is 3.09. The van der Waals surface area contributed by atoms with Gasteiger partial charge in [-0.25, -0.2) is 0 Å². The van der Waals surface area contributed by atoms with E-state index in [1.54, 1.807) is 13.2 Å². The number of unbranched alkanes of at least 4 members (excludes halogenated alkanes) is 4. The van der Waals surface area contributed by atoms with Gasteiger partial charge in [0.25, 0.3) is 5.91 Å². The molecule has 1 aromatic rings. The van der Waals surface area contributed by atoms with Gasteiger partial charge in [-0.15, -0.1) is 0 Å².